The van der Waals surface area contributed by atoms with Crippen molar-refractivity contribution in [1.29, 1.82) is 5.26 Å². The molecule has 0 saturated heterocycles. The van der Waals surface area contributed by atoms with Crippen molar-refractivity contribution in [3.63, 3.8) is 0 Å². The van der Waals surface area contributed by atoms with E-state index in [1.54, 1.807) is 6.20 Å². The van der Waals surface area contributed by atoms with Crippen LogP contribution in [0.5, 0.6) is 0 Å². The molecule has 2 heterocycles. The predicted octanol–water partition coefficient (Wildman–Crippen LogP) is 2.72. The maximum atomic E-state index is 9.26. The molecule has 4 rings (SSSR count). The first-order valence-electron chi connectivity index (χ1n) is 7.50. The number of allylic oxidation sites excluding steroid dienone is 1. The highest BCUT2D eigenvalue weighted by Gasteiger charge is 2.10. The van der Waals surface area contributed by atoms with E-state index in [-0.39, 0.29) is 11.4 Å². The van der Waals surface area contributed by atoms with Crippen molar-refractivity contribution in [2.45, 2.75) is 0 Å². The van der Waals surface area contributed by atoms with E-state index >= 15 is 0 Å². The van der Waals surface area contributed by atoms with Crippen molar-refractivity contribution in [2.75, 3.05) is 5.32 Å². The third-order valence-corrected chi connectivity index (χ3v) is 3.65. The van der Waals surface area contributed by atoms with Gasteiger partial charge in [-0.15, -0.1) is 10.2 Å². The second kappa shape index (κ2) is 6.25. The number of tetrazole rings is 1. The smallest absolute Gasteiger partial charge is 0.216 e. The van der Waals surface area contributed by atoms with Crippen molar-refractivity contribution >= 4 is 22.3 Å². The van der Waals surface area contributed by atoms with Gasteiger partial charge in [-0.2, -0.15) is 10.5 Å². The van der Waals surface area contributed by atoms with Crippen molar-refractivity contribution in [3.8, 4) is 17.5 Å². The Morgan fingerprint density at radius 1 is 1.12 bits per heavy atom. The highest BCUT2D eigenvalue weighted by Crippen LogP contribution is 2.27. The summed E-state index contributed by atoms with van der Waals surface area (Å²) in [5.74, 6) is 0.979. The number of benzene rings is 2. The van der Waals surface area contributed by atoms with Gasteiger partial charge in [0.25, 0.3) is 0 Å². The molecule has 0 unspecified atom stereocenters. The minimum atomic E-state index is 0.233. The second-order valence-corrected chi connectivity index (χ2v) is 5.20. The zero-order chi connectivity index (χ0) is 17.1. The number of H-pyrrole nitrogens is 2. The molecule has 0 bridgehead atoms. The predicted molar refractivity (Wildman–Crippen MR) is 92.9 cm³/mol. The summed E-state index contributed by atoms with van der Waals surface area (Å²) in [6.07, 6.45) is 1.55. The van der Waals surface area contributed by atoms with Crippen LogP contribution >= 0.6 is 0 Å². The molecule has 0 radical (unpaired) electrons. The zero-order valence-corrected chi connectivity index (χ0v) is 12.9. The van der Waals surface area contributed by atoms with Crippen LogP contribution in [-0.4, -0.2) is 30.6 Å². The number of aromatic amines is 2. The molecule has 0 aliphatic carbocycles. The lowest BCUT2D eigenvalue weighted by Gasteiger charge is -2.07. The molecule has 0 aliphatic heterocycles. The van der Waals surface area contributed by atoms with Crippen LogP contribution < -0.4 is 5.32 Å². The summed E-state index contributed by atoms with van der Waals surface area (Å²) < 4.78 is 0. The van der Waals surface area contributed by atoms with Crippen LogP contribution in [0.4, 0.5) is 5.69 Å². The van der Waals surface area contributed by atoms with E-state index in [1.165, 1.54) is 0 Å². The second-order valence-electron chi connectivity index (χ2n) is 5.20. The summed E-state index contributed by atoms with van der Waals surface area (Å²) in [6, 6.07) is 17.6. The number of hydrogen-bond acceptors (Lipinski definition) is 6. The van der Waals surface area contributed by atoms with Crippen LogP contribution in [-0.2, 0) is 0 Å². The zero-order valence-electron chi connectivity index (χ0n) is 12.9. The molecule has 0 aliphatic rings. The molecule has 0 fully saturated rings. The Hall–Kier alpha value is -3.99. The molecule has 120 valence electrons. The van der Waals surface area contributed by atoms with Gasteiger partial charge < -0.3 is 10.3 Å². The number of imidazole rings is 1. The molecule has 2 aromatic heterocycles. The molecular weight excluding hydrogens is 316 g/mol. The highest BCUT2D eigenvalue weighted by atomic mass is 15.5. The first kappa shape index (κ1) is 14.6. The van der Waals surface area contributed by atoms with Gasteiger partial charge in [-0.1, -0.05) is 24.3 Å². The van der Waals surface area contributed by atoms with E-state index in [9.17, 15) is 5.26 Å². The number of nitriles is 1. The van der Waals surface area contributed by atoms with Crippen molar-refractivity contribution in [2.24, 2.45) is 0 Å². The van der Waals surface area contributed by atoms with Gasteiger partial charge in [0.2, 0.25) is 5.82 Å². The van der Waals surface area contributed by atoms with Gasteiger partial charge in [0.1, 0.15) is 17.5 Å². The Morgan fingerprint density at radius 2 is 1.96 bits per heavy atom. The maximum Gasteiger partial charge on any atom is 0.216 e. The van der Waals surface area contributed by atoms with E-state index in [0.717, 1.165) is 28.1 Å². The van der Waals surface area contributed by atoms with Crippen LogP contribution in [0.2, 0.25) is 0 Å². The molecule has 4 aromatic rings. The van der Waals surface area contributed by atoms with Gasteiger partial charge in [0.15, 0.2) is 0 Å². The first-order chi connectivity index (χ1) is 12.3. The number of fused-ring (bicyclic) bond motifs is 1. The van der Waals surface area contributed by atoms with E-state index < -0.39 is 0 Å². The quantitative estimate of drug-likeness (QED) is 0.496. The molecule has 8 heteroatoms. The van der Waals surface area contributed by atoms with Crippen molar-refractivity contribution < 1.29 is 0 Å². The Kier molecular flexibility index (Phi) is 3.65. The molecular formula is C17H12N8. The minimum absolute atomic E-state index is 0.233. The molecule has 0 spiro atoms. The molecule has 0 amide bonds. The number of para-hydroxylation sites is 3. The number of nitrogens with one attached hydrogen (secondary N) is 3. The molecule has 3 N–H and O–H groups in total. The molecule has 0 atom stereocenters. The number of anilines is 1. The number of hydrogen-bond donors (Lipinski definition) is 3. The highest BCUT2D eigenvalue weighted by molar-refractivity contribution is 5.84. The summed E-state index contributed by atoms with van der Waals surface area (Å²) >= 11 is 0. The fourth-order valence-corrected chi connectivity index (χ4v) is 2.47. The molecule has 25 heavy (non-hydrogen) atoms. The van der Waals surface area contributed by atoms with Crippen LogP contribution in [0.15, 0.2) is 54.7 Å². The van der Waals surface area contributed by atoms with Crippen LogP contribution in [0.3, 0.4) is 0 Å². The van der Waals surface area contributed by atoms with Gasteiger partial charge in [0, 0.05) is 17.5 Å². The minimum Gasteiger partial charge on any atom is -0.360 e. The first-order valence-corrected chi connectivity index (χ1v) is 7.50. The van der Waals surface area contributed by atoms with Gasteiger partial charge >= 0.3 is 0 Å². The van der Waals surface area contributed by atoms with Gasteiger partial charge in [-0.3, -0.25) is 0 Å². The fraction of sp³-hybridized carbons (Fsp3) is 0. The van der Waals surface area contributed by atoms with Gasteiger partial charge in [0.05, 0.1) is 11.0 Å². The Labute approximate surface area is 142 Å². The summed E-state index contributed by atoms with van der Waals surface area (Å²) in [7, 11) is 0. The Bertz CT molecular complexity index is 1050. The summed E-state index contributed by atoms with van der Waals surface area (Å²) in [4.78, 5) is 7.92. The van der Waals surface area contributed by atoms with E-state index in [0.29, 0.717) is 0 Å². The summed E-state index contributed by atoms with van der Waals surface area (Å²) in [5, 5.41) is 25.8. The standard InChI is InChI=1S/C17H12N8/c18-9-11(16-22-24-25-23-16)10-19-13-6-2-1-5-12(13)17-20-14-7-3-4-8-15(14)21-17/h1-8,10,19H,(H,20,21)(H,22,23,24,25). The summed E-state index contributed by atoms with van der Waals surface area (Å²) in [6.45, 7) is 0. The van der Waals surface area contributed by atoms with E-state index in [1.807, 2.05) is 54.6 Å². The SMILES string of the molecule is N#CC(=CNc1ccccc1-c1nc2ccccc2[nH]1)c1nn[nH]n1. The van der Waals surface area contributed by atoms with E-state index in [4.69, 9.17) is 0 Å². The lowest BCUT2D eigenvalue weighted by atomic mass is 10.1. The topological polar surface area (TPSA) is 119 Å². The monoisotopic (exact) mass is 328 g/mol. The maximum absolute atomic E-state index is 9.26. The molecule has 8 nitrogen and oxygen atoms in total. The molecule has 2 aromatic carbocycles. The van der Waals surface area contributed by atoms with Crippen molar-refractivity contribution in [3.05, 3.63) is 60.6 Å². The van der Waals surface area contributed by atoms with Crippen LogP contribution in [0.25, 0.3) is 28.0 Å². The van der Waals surface area contributed by atoms with Gasteiger partial charge in [-0.05, 0) is 29.5 Å². The third kappa shape index (κ3) is 2.82. The normalized spacial score (nSPS) is 11.4. The molecule has 0 saturated carbocycles. The average molecular weight is 328 g/mol. The Morgan fingerprint density at radius 3 is 2.76 bits per heavy atom. The van der Waals surface area contributed by atoms with Crippen LogP contribution in [0, 0.1) is 11.3 Å². The number of nitrogens with zero attached hydrogens (tertiary/aromatic N) is 5. The summed E-state index contributed by atoms with van der Waals surface area (Å²) in [5.41, 5.74) is 3.83. The van der Waals surface area contributed by atoms with Crippen LogP contribution in [0.1, 0.15) is 5.82 Å². The number of aromatic nitrogens is 6. The number of rotatable bonds is 4. The van der Waals surface area contributed by atoms with Gasteiger partial charge in [-0.25, -0.2) is 4.98 Å². The largest absolute Gasteiger partial charge is 0.360 e. The van der Waals surface area contributed by atoms with E-state index in [2.05, 4.69) is 35.9 Å². The average Bonchev–Trinajstić information content (AvgIpc) is 3.32. The lowest BCUT2D eigenvalue weighted by Crippen LogP contribution is -1.95. The lowest BCUT2D eigenvalue weighted by molar-refractivity contribution is 0.881. The Balaban J connectivity index is 1.71. The third-order valence-electron chi connectivity index (χ3n) is 3.65. The fourth-order valence-electron chi connectivity index (χ4n) is 2.47. The van der Waals surface area contributed by atoms with Crippen molar-refractivity contribution in [1.82, 2.24) is 30.6 Å².